The summed E-state index contributed by atoms with van der Waals surface area (Å²) in [6.07, 6.45) is 2.88. The molecule has 0 radical (unpaired) electrons. The summed E-state index contributed by atoms with van der Waals surface area (Å²) in [6.45, 7) is 0. The average molecular weight is 199 g/mol. The summed E-state index contributed by atoms with van der Waals surface area (Å²) in [5, 5.41) is 16.2. The van der Waals surface area contributed by atoms with E-state index in [0.717, 1.165) is 12.8 Å². The Balaban J connectivity index is 2.23. The van der Waals surface area contributed by atoms with Crippen molar-refractivity contribution in [1.29, 1.82) is 5.41 Å². The van der Waals surface area contributed by atoms with Crippen LogP contribution in [0.5, 0.6) is 0 Å². The van der Waals surface area contributed by atoms with E-state index in [1.165, 1.54) is 0 Å². The molecule has 0 aromatic rings. The fourth-order valence-corrected chi connectivity index (χ4v) is 1.34. The number of carboxylic acids is 1. The molecule has 1 rings (SSSR count). The molecule has 1 fully saturated rings. The van der Waals surface area contributed by atoms with E-state index in [1.54, 1.807) is 0 Å². The maximum absolute atomic E-state index is 10.4. The normalized spacial score (nSPS) is 20.1. The lowest BCUT2D eigenvalue weighted by atomic mass is 10.0. The van der Waals surface area contributed by atoms with E-state index in [0.29, 0.717) is 24.5 Å². The molecule has 0 aromatic carbocycles. The molecule has 1 saturated carbocycles. The first-order valence-electron chi connectivity index (χ1n) is 4.83. The minimum absolute atomic E-state index is 0.184. The Morgan fingerprint density at radius 1 is 1.50 bits per heavy atom. The van der Waals surface area contributed by atoms with Crippen LogP contribution in [0.25, 0.3) is 0 Å². The third-order valence-electron chi connectivity index (χ3n) is 2.57. The molecule has 1 aliphatic rings. The van der Waals surface area contributed by atoms with Gasteiger partial charge in [-0.05, 0) is 31.6 Å². The summed E-state index contributed by atoms with van der Waals surface area (Å²) in [5.41, 5.74) is 11.5. The topological polar surface area (TPSA) is 113 Å². The Labute approximate surface area is 83.0 Å². The van der Waals surface area contributed by atoms with Crippen LogP contribution in [0.2, 0.25) is 0 Å². The van der Waals surface area contributed by atoms with Crippen molar-refractivity contribution in [3.8, 4) is 0 Å². The van der Waals surface area contributed by atoms with Crippen molar-refractivity contribution in [3.63, 3.8) is 0 Å². The van der Waals surface area contributed by atoms with Crippen LogP contribution in [-0.4, -0.2) is 28.9 Å². The second kappa shape index (κ2) is 4.52. The Kier molecular flexibility index (Phi) is 3.60. The van der Waals surface area contributed by atoms with E-state index in [1.807, 2.05) is 0 Å². The van der Waals surface area contributed by atoms with Gasteiger partial charge in [-0.1, -0.05) is 0 Å². The van der Waals surface area contributed by atoms with Gasteiger partial charge in [0.1, 0.15) is 6.04 Å². The fraction of sp³-hybridized carbons (Fsp3) is 0.778. The molecular weight excluding hydrogens is 182 g/mol. The molecule has 0 amide bonds. The van der Waals surface area contributed by atoms with Gasteiger partial charge in [0.05, 0.1) is 0 Å². The van der Waals surface area contributed by atoms with Crippen LogP contribution < -0.4 is 11.5 Å². The molecule has 0 heterocycles. The zero-order valence-electron chi connectivity index (χ0n) is 8.07. The molecule has 5 heteroatoms. The first-order chi connectivity index (χ1) is 6.52. The van der Waals surface area contributed by atoms with Crippen LogP contribution in [-0.2, 0) is 4.79 Å². The van der Waals surface area contributed by atoms with Gasteiger partial charge in [-0.2, -0.15) is 0 Å². The smallest absolute Gasteiger partial charge is 0.320 e. The molecule has 6 N–H and O–H groups in total. The molecule has 0 aliphatic heterocycles. The number of nitrogens with two attached hydrogens (primary N) is 2. The zero-order chi connectivity index (χ0) is 10.7. The Morgan fingerprint density at radius 2 is 2.07 bits per heavy atom. The molecule has 1 unspecified atom stereocenters. The van der Waals surface area contributed by atoms with E-state index in [9.17, 15) is 4.79 Å². The highest BCUT2D eigenvalue weighted by molar-refractivity contribution is 5.87. The van der Waals surface area contributed by atoms with Crippen molar-refractivity contribution in [3.05, 3.63) is 0 Å². The first-order valence-corrected chi connectivity index (χ1v) is 4.83. The number of carboxylic acid groups (broad SMARTS) is 1. The molecule has 14 heavy (non-hydrogen) atoms. The Hall–Kier alpha value is -0.940. The highest BCUT2D eigenvalue weighted by Crippen LogP contribution is 2.32. The fourth-order valence-electron chi connectivity index (χ4n) is 1.34. The highest BCUT2D eigenvalue weighted by Gasteiger charge is 2.31. The van der Waals surface area contributed by atoms with Crippen molar-refractivity contribution in [1.82, 2.24) is 0 Å². The summed E-state index contributed by atoms with van der Waals surface area (Å²) in [4.78, 5) is 10.4. The summed E-state index contributed by atoms with van der Waals surface area (Å²) >= 11 is 0. The molecule has 80 valence electrons. The quantitative estimate of drug-likeness (QED) is 0.448. The largest absolute Gasteiger partial charge is 0.480 e. The first kappa shape index (κ1) is 11.1. The summed E-state index contributed by atoms with van der Waals surface area (Å²) < 4.78 is 0. The van der Waals surface area contributed by atoms with Gasteiger partial charge in [-0.25, -0.2) is 0 Å². The predicted octanol–water partition coefficient (Wildman–Crippen LogP) is -0.0644. The Bertz CT molecular complexity index is 238. The van der Waals surface area contributed by atoms with E-state index in [4.69, 9.17) is 22.0 Å². The minimum Gasteiger partial charge on any atom is -0.480 e. The van der Waals surface area contributed by atoms with Gasteiger partial charge >= 0.3 is 5.97 Å². The van der Waals surface area contributed by atoms with Crippen molar-refractivity contribution in [2.24, 2.45) is 17.4 Å². The monoisotopic (exact) mass is 199 g/mol. The number of hydrogen-bond acceptors (Lipinski definition) is 4. The Morgan fingerprint density at radius 3 is 2.50 bits per heavy atom. The third-order valence-corrected chi connectivity index (χ3v) is 2.57. The van der Waals surface area contributed by atoms with Crippen LogP contribution >= 0.6 is 0 Å². The molecular formula is C9H17N3O2. The zero-order valence-corrected chi connectivity index (χ0v) is 8.07. The van der Waals surface area contributed by atoms with Crippen LogP contribution in [0.3, 0.4) is 0 Å². The van der Waals surface area contributed by atoms with E-state index in [2.05, 4.69) is 0 Å². The minimum atomic E-state index is -1.02. The number of rotatable bonds is 6. The van der Waals surface area contributed by atoms with Gasteiger partial charge in [-0.15, -0.1) is 0 Å². The number of hydrogen-bond donors (Lipinski definition) is 4. The summed E-state index contributed by atoms with van der Waals surface area (Å²) in [7, 11) is 0. The van der Waals surface area contributed by atoms with Crippen LogP contribution in [0.15, 0.2) is 0 Å². The standard InChI is InChI=1S/C9H17N3O2/c10-6(8(12)5-1-2-5)3-4-7(11)9(13)14/h5,7-8,10H,1-4,11-12H2,(H,13,14)/t7-,8?/m0/s1. The van der Waals surface area contributed by atoms with Gasteiger partial charge in [0.2, 0.25) is 0 Å². The second-order valence-electron chi connectivity index (χ2n) is 3.87. The van der Waals surface area contributed by atoms with Crippen molar-refractivity contribution in [2.45, 2.75) is 37.8 Å². The summed E-state index contributed by atoms with van der Waals surface area (Å²) in [6, 6.07) is -1.06. The van der Waals surface area contributed by atoms with Gasteiger partial charge in [0.15, 0.2) is 0 Å². The average Bonchev–Trinajstić information content (AvgIpc) is 2.95. The lowest BCUT2D eigenvalue weighted by Gasteiger charge is -2.13. The SMILES string of the molecule is N=C(CC[C@H](N)C(=O)O)C(N)C1CC1. The maximum Gasteiger partial charge on any atom is 0.320 e. The number of aliphatic carboxylic acids is 1. The lowest BCUT2D eigenvalue weighted by molar-refractivity contribution is -0.138. The molecule has 5 nitrogen and oxygen atoms in total. The molecule has 0 saturated heterocycles. The van der Waals surface area contributed by atoms with Crippen molar-refractivity contribution in [2.75, 3.05) is 0 Å². The number of nitrogens with one attached hydrogen (secondary N) is 1. The van der Waals surface area contributed by atoms with Gasteiger partial charge < -0.3 is 22.0 Å². The van der Waals surface area contributed by atoms with E-state index in [-0.39, 0.29) is 6.04 Å². The van der Waals surface area contributed by atoms with Crippen molar-refractivity contribution >= 4 is 11.7 Å². The second-order valence-corrected chi connectivity index (χ2v) is 3.87. The van der Waals surface area contributed by atoms with Crippen LogP contribution in [0, 0.1) is 11.3 Å². The van der Waals surface area contributed by atoms with Crippen molar-refractivity contribution < 1.29 is 9.90 Å². The van der Waals surface area contributed by atoms with Gasteiger partial charge in [0.25, 0.3) is 0 Å². The molecule has 0 spiro atoms. The summed E-state index contributed by atoms with van der Waals surface area (Å²) in [5.74, 6) is -0.568. The molecule has 1 aliphatic carbocycles. The molecule has 0 bridgehead atoms. The van der Waals surface area contributed by atoms with Gasteiger partial charge in [0, 0.05) is 11.8 Å². The van der Waals surface area contributed by atoms with E-state index < -0.39 is 12.0 Å². The molecule has 0 aromatic heterocycles. The van der Waals surface area contributed by atoms with E-state index >= 15 is 0 Å². The van der Waals surface area contributed by atoms with Crippen LogP contribution in [0.1, 0.15) is 25.7 Å². The number of carbonyl (C=O) groups is 1. The third kappa shape index (κ3) is 3.08. The van der Waals surface area contributed by atoms with Crippen LogP contribution in [0.4, 0.5) is 0 Å². The lowest BCUT2D eigenvalue weighted by Crippen LogP contribution is -2.35. The predicted molar refractivity (Wildman–Crippen MR) is 53.3 cm³/mol. The van der Waals surface area contributed by atoms with Gasteiger partial charge in [-0.3, -0.25) is 4.79 Å². The highest BCUT2D eigenvalue weighted by atomic mass is 16.4. The molecule has 2 atom stereocenters. The maximum atomic E-state index is 10.4.